The number of carbonyl (C=O) groups excluding carboxylic acids is 2. The minimum absolute atomic E-state index is 0.00970. The number of aromatic nitrogens is 1. The van der Waals surface area contributed by atoms with Crippen molar-refractivity contribution in [1.29, 1.82) is 0 Å². The first-order valence-corrected chi connectivity index (χ1v) is 18.7. The molecule has 276 valence electrons. The van der Waals surface area contributed by atoms with Gasteiger partial charge in [0, 0.05) is 51.3 Å². The van der Waals surface area contributed by atoms with Crippen molar-refractivity contribution in [3.05, 3.63) is 86.1 Å². The van der Waals surface area contributed by atoms with Crippen LogP contribution >= 0.6 is 34.8 Å². The number of carbonyl (C=O) groups is 2. The van der Waals surface area contributed by atoms with Gasteiger partial charge in [-0.25, -0.2) is 4.79 Å². The molecule has 0 unspecified atom stereocenters. The Morgan fingerprint density at radius 1 is 0.941 bits per heavy atom. The molecule has 51 heavy (non-hydrogen) atoms. The molecule has 1 saturated heterocycles. The minimum atomic E-state index is -0.647. The highest BCUT2D eigenvalue weighted by Crippen LogP contribution is 2.39. The van der Waals surface area contributed by atoms with Crippen molar-refractivity contribution in [3.8, 4) is 11.5 Å². The second kappa shape index (κ2) is 17.5. The lowest BCUT2D eigenvalue weighted by Crippen LogP contribution is -2.51. The summed E-state index contributed by atoms with van der Waals surface area (Å²) in [6, 6.07) is 13.6. The maximum absolute atomic E-state index is 14.7. The standard InChI is InChI=1S/C39H48Cl3N3O6/c1-25-19-33(40)36(34(41)20-25)50-18-17-49-30-12-8-26(9-13-30)31-14-15-44(38(47)51-39(2,3)4)24-32(31)37(46)45(29-10-11-29)23-27-21-28(7-6-16-48-5)43-22-35(27)42/h8-9,12-13,19-22,29,31-32H,6-7,10-11,14-18,23-24H2,1-5H3/t31-,32+/m1/s1. The van der Waals surface area contributed by atoms with E-state index in [1.54, 1.807) is 30.3 Å². The van der Waals surface area contributed by atoms with E-state index in [1.807, 2.05) is 62.9 Å². The van der Waals surface area contributed by atoms with Crippen LogP contribution in [0.15, 0.2) is 48.7 Å². The predicted octanol–water partition coefficient (Wildman–Crippen LogP) is 8.92. The summed E-state index contributed by atoms with van der Waals surface area (Å²) < 4.78 is 22.7. The Hall–Kier alpha value is -3.24. The van der Waals surface area contributed by atoms with Crippen LogP contribution in [-0.4, -0.2) is 78.4 Å². The number of hydrogen-bond acceptors (Lipinski definition) is 7. The van der Waals surface area contributed by atoms with E-state index in [-0.39, 0.29) is 37.6 Å². The van der Waals surface area contributed by atoms with Crippen LogP contribution in [-0.2, 0) is 27.2 Å². The molecule has 1 aromatic heterocycles. The number of hydrogen-bond donors (Lipinski definition) is 0. The lowest BCUT2D eigenvalue weighted by molar-refractivity contribution is -0.139. The highest BCUT2D eigenvalue weighted by atomic mass is 35.5. The summed E-state index contributed by atoms with van der Waals surface area (Å²) in [7, 11) is 1.68. The van der Waals surface area contributed by atoms with E-state index >= 15 is 0 Å². The van der Waals surface area contributed by atoms with Gasteiger partial charge in [0.15, 0.2) is 5.75 Å². The summed E-state index contributed by atoms with van der Waals surface area (Å²) in [5.41, 5.74) is 3.10. The van der Waals surface area contributed by atoms with Crippen LogP contribution in [0.3, 0.4) is 0 Å². The Kier molecular flexibility index (Phi) is 13.4. The molecule has 1 aliphatic carbocycles. The van der Waals surface area contributed by atoms with Crippen LogP contribution in [0.4, 0.5) is 4.79 Å². The summed E-state index contributed by atoms with van der Waals surface area (Å²) in [4.78, 5) is 36.0. The van der Waals surface area contributed by atoms with Gasteiger partial charge in [0.1, 0.15) is 24.6 Å². The fourth-order valence-electron chi connectivity index (χ4n) is 6.39. The first-order chi connectivity index (χ1) is 24.3. The molecule has 2 amide bonds. The van der Waals surface area contributed by atoms with Crippen molar-refractivity contribution < 1.29 is 28.5 Å². The fourth-order valence-corrected chi connectivity index (χ4v) is 7.26. The zero-order valence-corrected chi connectivity index (χ0v) is 32.3. The Labute approximate surface area is 316 Å². The Balaban J connectivity index is 1.31. The smallest absolute Gasteiger partial charge is 0.410 e. The van der Waals surface area contributed by atoms with Crippen LogP contribution in [0.1, 0.15) is 74.8 Å². The summed E-state index contributed by atoms with van der Waals surface area (Å²) in [6.07, 6.45) is 5.33. The third-order valence-electron chi connectivity index (χ3n) is 9.02. The summed E-state index contributed by atoms with van der Waals surface area (Å²) in [5.74, 6) is 0.530. The minimum Gasteiger partial charge on any atom is -0.490 e. The molecular weight excluding hydrogens is 713 g/mol. The molecule has 2 aliphatic rings. The molecule has 3 aromatic rings. The number of piperidine rings is 1. The first-order valence-electron chi connectivity index (χ1n) is 17.5. The van der Waals surface area contributed by atoms with Gasteiger partial charge in [0.25, 0.3) is 0 Å². The zero-order chi connectivity index (χ0) is 36.7. The molecule has 2 atom stereocenters. The highest BCUT2D eigenvalue weighted by molar-refractivity contribution is 6.37. The van der Waals surface area contributed by atoms with Crippen LogP contribution in [0.5, 0.6) is 11.5 Å². The largest absolute Gasteiger partial charge is 0.490 e. The number of aryl methyl sites for hydroxylation is 2. The maximum Gasteiger partial charge on any atom is 0.410 e. The van der Waals surface area contributed by atoms with Gasteiger partial charge in [-0.1, -0.05) is 46.9 Å². The van der Waals surface area contributed by atoms with E-state index in [9.17, 15) is 9.59 Å². The molecule has 0 spiro atoms. The number of rotatable bonds is 14. The molecule has 2 fully saturated rings. The fraction of sp³-hybridized carbons (Fsp3) is 0.513. The van der Waals surface area contributed by atoms with Crippen molar-refractivity contribution >= 4 is 46.8 Å². The second-order valence-electron chi connectivity index (χ2n) is 14.3. The zero-order valence-electron chi connectivity index (χ0n) is 30.1. The Bertz CT molecular complexity index is 1640. The molecule has 0 radical (unpaired) electrons. The third kappa shape index (κ3) is 10.9. The van der Waals surface area contributed by atoms with E-state index in [2.05, 4.69) is 4.98 Å². The Morgan fingerprint density at radius 3 is 2.27 bits per heavy atom. The van der Waals surface area contributed by atoms with Crippen molar-refractivity contribution in [2.45, 2.75) is 83.9 Å². The van der Waals surface area contributed by atoms with Crippen molar-refractivity contribution in [2.75, 3.05) is 40.0 Å². The molecule has 2 heterocycles. The van der Waals surface area contributed by atoms with Gasteiger partial charge in [-0.05, 0) is 113 Å². The van der Waals surface area contributed by atoms with E-state index < -0.39 is 17.6 Å². The Morgan fingerprint density at radius 2 is 1.63 bits per heavy atom. The van der Waals surface area contributed by atoms with Gasteiger partial charge in [-0.3, -0.25) is 9.78 Å². The van der Waals surface area contributed by atoms with Crippen LogP contribution in [0.25, 0.3) is 0 Å². The van der Waals surface area contributed by atoms with E-state index in [4.69, 9.17) is 53.8 Å². The lowest BCUT2D eigenvalue weighted by atomic mass is 9.79. The number of benzene rings is 2. The third-order valence-corrected chi connectivity index (χ3v) is 9.92. The number of halogens is 3. The van der Waals surface area contributed by atoms with E-state index in [0.29, 0.717) is 52.7 Å². The molecule has 5 rings (SSSR count). The van der Waals surface area contributed by atoms with Crippen LogP contribution in [0, 0.1) is 12.8 Å². The predicted molar refractivity (Wildman–Crippen MR) is 200 cm³/mol. The number of amides is 2. The second-order valence-corrected chi connectivity index (χ2v) is 15.5. The van der Waals surface area contributed by atoms with Crippen LogP contribution < -0.4 is 9.47 Å². The first kappa shape index (κ1) is 39.0. The number of pyridine rings is 1. The number of ether oxygens (including phenoxy) is 4. The average Bonchev–Trinajstić information content (AvgIpc) is 3.92. The van der Waals surface area contributed by atoms with Crippen LogP contribution in [0.2, 0.25) is 15.1 Å². The summed E-state index contributed by atoms with van der Waals surface area (Å²) in [6.45, 7) is 9.77. The van der Waals surface area contributed by atoms with Crippen molar-refractivity contribution in [2.24, 2.45) is 5.92 Å². The quantitative estimate of drug-likeness (QED) is 0.152. The molecule has 1 aliphatic heterocycles. The SMILES string of the molecule is COCCCc1cc(CN(C(=O)[C@H]2CN(C(=O)OC(C)(C)C)CC[C@@H]2c2ccc(OCCOc3c(Cl)cc(C)cc3Cl)cc2)C2CC2)c(Cl)cn1. The maximum atomic E-state index is 14.7. The average molecular weight is 761 g/mol. The van der Waals surface area contributed by atoms with Gasteiger partial charge in [-0.2, -0.15) is 0 Å². The normalized spacial score (nSPS) is 17.6. The molecule has 1 saturated carbocycles. The molecule has 9 nitrogen and oxygen atoms in total. The van der Waals surface area contributed by atoms with Gasteiger partial charge < -0.3 is 28.7 Å². The van der Waals surface area contributed by atoms with E-state index in [0.717, 1.165) is 48.1 Å². The molecule has 0 bridgehead atoms. The number of methoxy groups -OCH3 is 1. The summed E-state index contributed by atoms with van der Waals surface area (Å²) >= 11 is 19.3. The topological polar surface area (TPSA) is 90.4 Å². The molecule has 12 heteroatoms. The number of nitrogens with zero attached hydrogens (tertiary/aromatic N) is 3. The van der Waals surface area contributed by atoms with Crippen molar-refractivity contribution in [1.82, 2.24) is 14.8 Å². The number of likely N-dealkylation sites (tertiary alicyclic amines) is 1. The molecule has 0 N–H and O–H groups in total. The highest BCUT2D eigenvalue weighted by Gasteiger charge is 2.43. The molecular formula is C39H48Cl3N3O6. The molecule has 2 aromatic carbocycles. The summed E-state index contributed by atoms with van der Waals surface area (Å²) in [5, 5.41) is 1.45. The van der Waals surface area contributed by atoms with Crippen molar-refractivity contribution in [3.63, 3.8) is 0 Å². The monoisotopic (exact) mass is 759 g/mol. The van der Waals surface area contributed by atoms with Gasteiger partial charge in [0.2, 0.25) is 5.91 Å². The van der Waals surface area contributed by atoms with E-state index in [1.165, 1.54) is 0 Å². The van der Waals surface area contributed by atoms with Gasteiger partial charge in [-0.15, -0.1) is 0 Å². The van der Waals surface area contributed by atoms with Gasteiger partial charge in [0.05, 0.1) is 21.0 Å². The van der Waals surface area contributed by atoms with Gasteiger partial charge >= 0.3 is 6.09 Å². The lowest BCUT2D eigenvalue weighted by Gasteiger charge is -2.40.